The Balaban J connectivity index is 1.75. The van der Waals surface area contributed by atoms with Crippen molar-refractivity contribution < 1.29 is 4.74 Å². The molecule has 1 N–H and O–H groups in total. The molecule has 1 aliphatic rings. The van der Waals surface area contributed by atoms with Crippen LogP contribution in [0.5, 0.6) is 0 Å². The number of ether oxygens (including phenoxy) is 1. The van der Waals surface area contributed by atoms with E-state index in [1.54, 1.807) is 0 Å². The van der Waals surface area contributed by atoms with Crippen LogP contribution in [0.25, 0.3) is 0 Å². The molecule has 0 aromatic heterocycles. The molecule has 21 heavy (non-hydrogen) atoms. The van der Waals surface area contributed by atoms with Gasteiger partial charge in [-0.15, -0.1) is 0 Å². The third kappa shape index (κ3) is 5.64. The number of nitrogens with one attached hydrogen (secondary N) is 1. The molecule has 0 aliphatic heterocycles. The van der Waals surface area contributed by atoms with Gasteiger partial charge in [0.2, 0.25) is 0 Å². The van der Waals surface area contributed by atoms with E-state index in [0.717, 1.165) is 32.2 Å². The van der Waals surface area contributed by atoms with Gasteiger partial charge < -0.3 is 10.1 Å². The van der Waals surface area contributed by atoms with Crippen LogP contribution >= 0.6 is 0 Å². The van der Waals surface area contributed by atoms with E-state index < -0.39 is 0 Å². The second kappa shape index (κ2) is 9.01. The normalized spacial score (nSPS) is 21.6. The molecular formula is C19H29NO. The highest BCUT2D eigenvalue weighted by Crippen LogP contribution is 2.25. The summed E-state index contributed by atoms with van der Waals surface area (Å²) in [5, 5.41) is 3.44. The number of benzene rings is 1. The highest BCUT2D eigenvalue weighted by Gasteiger charge is 2.18. The van der Waals surface area contributed by atoms with Crippen molar-refractivity contribution in [3.63, 3.8) is 0 Å². The molecule has 1 aromatic rings. The van der Waals surface area contributed by atoms with E-state index in [2.05, 4.69) is 55.6 Å². The van der Waals surface area contributed by atoms with E-state index >= 15 is 0 Å². The van der Waals surface area contributed by atoms with Gasteiger partial charge in [-0.25, -0.2) is 0 Å². The van der Waals surface area contributed by atoms with Gasteiger partial charge >= 0.3 is 0 Å². The van der Waals surface area contributed by atoms with Crippen LogP contribution in [0.4, 0.5) is 0 Å². The lowest BCUT2D eigenvalue weighted by atomic mass is 9.85. The van der Waals surface area contributed by atoms with Crippen molar-refractivity contribution in [3.05, 3.63) is 47.5 Å². The minimum absolute atomic E-state index is 0.685. The summed E-state index contributed by atoms with van der Waals surface area (Å²) in [4.78, 5) is 0. The van der Waals surface area contributed by atoms with Crippen molar-refractivity contribution in [2.45, 2.75) is 46.3 Å². The number of hydrogen-bond donors (Lipinski definition) is 1. The Hall–Kier alpha value is -1.12. The van der Waals surface area contributed by atoms with Crippen molar-refractivity contribution in [2.75, 3.05) is 13.2 Å². The van der Waals surface area contributed by atoms with Gasteiger partial charge in [0.1, 0.15) is 0 Å². The Bertz CT molecular complexity index is 441. The second-order valence-corrected chi connectivity index (χ2v) is 6.19. The predicted octanol–water partition coefficient (Wildman–Crippen LogP) is 4.31. The third-order valence-electron chi connectivity index (χ3n) is 4.27. The molecular weight excluding hydrogens is 258 g/mol. The van der Waals surface area contributed by atoms with Gasteiger partial charge in [0, 0.05) is 6.54 Å². The number of hydrogen-bond acceptors (Lipinski definition) is 2. The quantitative estimate of drug-likeness (QED) is 0.568. The highest BCUT2D eigenvalue weighted by atomic mass is 16.5. The van der Waals surface area contributed by atoms with E-state index in [9.17, 15) is 0 Å². The highest BCUT2D eigenvalue weighted by molar-refractivity contribution is 5.22. The van der Waals surface area contributed by atoms with Crippen LogP contribution in [-0.2, 0) is 17.9 Å². The molecule has 2 heteroatoms. The van der Waals surface area contributed by atoms with Crippen LogP contribution in [0, 0.1) is 11.8 Å². The third-order valence-corrected chi connectivity index (χ3v) is 4.27. The molecule has 2 unspecified atom stereocenters. The molecule has 1 aliphatic carbocycles. The van der Waals surface area contributed by atoms with Gasteiger partial charge in [0.05, 0.1) is 13.2 Å². The molecule has 0 amide bonds. The Kier molecular flexibility index (Phi) is 6.98. The van der Waals surface area contributed by atoms with E-state index in [-0.39, 0.29) is 0 Å². The molecule has 0 saturated heterocycles. The molecule has 2 nitrogen and oxygen atoms in total. The maximum Gasteiger partial charge on any atom is 0.0717 e. The summed E-state index contributed by atoms with van der Waals surface area (Å²) in [6.07, 6.45) is 8.15. The first kappa shape index (κ1) is 16.3. The van der Waals surface area contributed by atoms with Crippen LogP contribution in [0.15, 0.2) is 36.4 Å². The average Bonchev–Trinajstić information content (AvgIpc) is 2.50. The van der Waals surface area contributed by atoms with E-state index in [1.165, 1.54) is 30.4 Å². The summed E-state index contributed by atoms with van der Waals surface area (Å²) >= 11 is 0. The lowest BCUT2D eigenvalue weighted by Crippen LogP contribution is -2.19. The van der Waals surface area contributed by atoms with Crippen molar-refractivity contribution >= 4 is 0 Å². The van der Waals surface area contributed by atoms with Crippen LogP contribution in [0.3, 0.4) is 0 Å². The number of allylic oxidation sites excluding steroid dienone is 2. The summed E-state index contributed by atoms with van der Waals surface area (Å²) in [7, 11) is 0. The molecule has 116 valence electrons. The Morgan fingerprint density at radius 2 is 2.00 bits per heavy atom. The van der Waals surface area contributed by atoms with Gasteiger partial charge in [0.25, 0.3) is 0 Å². The number of rotatable bonds is 8. The molecule has 0 saturated carbocycles. The Morgan fingerprint density at radius 3 is 2.81 bits per heavy atom. The fourth-order valence-electron chi connectivity index (χ4n) is 2.81. The summed E-state index contributed by atoms with van der Waals surface area (Å²) in [5.74, 6) is 1.43. The van der Waals surface area contributed by atoms with Crippen molar-refractivity contribution in [3.8, 4) is 0 Å². The lowest BCUT2D eigenvalue weighted by molar-refractivity contribution is 0.0680. The van der Waals surface area contributed by atoms with Gasteiger partial charge in [-0.3, -0.25) is 0 Å². The standard InChI is InChI=1S/C19H29NO/c1-3-11-20-13-17-8-6-9-18(12-17)14-21-15-19-10-5-4-7-16(19)2/h4-6,8-9,12,16,19-20H,3,7,10-11,13-15H2,1-2H3. The second-order valence-electron chi connectivity index (χ2n) is 6.19. The monoisotopic (exact) mass is 287 g/mol. The Labute approximate surface area is 129 Å². The lowest BCUT2D eigenvalue weighted by Gasteiger charge is -2.24. The molecule has 0 heterocycles. The first-order chi connectivity index (χ1) is 10.3. The first-order valence-electron chi connectivity index (χ1n) is 8.31. The molecule has 0 radical (unpaired) electrons. The smallest absolute Gasteiger partial charge is 0.0717 e. The van der Waals surface area contributed by atoms with E-state index in [1.807, 2.05) is 0 Å². The Morgan fingerprint density at radius 1 is 1.19 bits per heavy atom. The zero-order valence-corrected chi connectivity index (χ0v) is 13.5. The first-order valence-corrected chi connectivity index (χ1v) is 8.31. The summed E-state index contributed by atoms with van der Waals surface area (Å²) < 4.78 is 5.96. The zero-order chi connectivity index (χ0) is 14.9. The zero-order valence-electron chi connectivity index (χ0n) is 13.5. The molecule has 1 aromatic carbocycles. The van der Waals surface area contributed by atoms with Gasteiger partial charge in [-0.1, -0.05) is 50.3 Å². The van der Waals surface area contributed by atoms with Crippen LogP contribution < -0.4 is 5.32 Å². The topological polar surface area (TPSA) is 21.3 Å². The van der Waals surface area contributed by atoms with Crippen molar-refractivity contribution in [1.82, 2.24) is 5.32 Å². The maximum absolute atomic E-state index is 5.96. The summed E-state index contributed by atoms with van der Waals surface area (Å²) in [5.41, 5.74) is 2.63. The summed E-state index contributed by atoms with van der Waals surface area (Å²) in [6, 6.07) is 8.73. The maximum atomic E-state index is 5.96. The molecule has 2 atom stereocenters. The van der Waals surface area contributed by atoms with Crippen molar-refractivity contribution in [2.24, 2.45) is 11.8 Å². The largest absolute Gasteiger partial charge is 0.376 e. The SMILES string of the molecule is CCCNCc1cccc(COCC2CC=CCC2C)c1. The molecule has 2 rings (SSSR count). The summed E-state index contributed by atoms with van der Waals surface area (Å²) in [6.45, 7) is 8.16. The van der Waals surface area contributed by atoms with Gasteiger partial charge in [-0.2, -0.15) is 0 Å². The van der Waals surface area contributed by atoms with Crippen LogP contribution in [0.1, 0.15) is 44.2 Å². The van der Waals surface area contributed by atoms with E-state index in [0.29, 0.717) is 5.92 Å². The van der Waals surface area contributed by atoms with Crippen LogP contribution in [-0.4, -0.2) is 13.2 Å². The average molecular weight is 287 g/mol. The molecule has 0 spiro atoms. The van der Waals surface area contributed by atoms with Gasteiger partial charge in [0.15, 0.2) is 0 Å². The molecule has 0 bridgehead atoms. The fraction of sp³-hybridized carbons (Fsp3) is 0.579. The minimum Gasteiger partial charge on any atom is -0.376 e. The minimum atomic E-state index is 0.685. The molecule has 0 fully saturated rings. The van der Waals surface area contributed by atoms with Gasteiger partial charge in [-0.05, 0) is 48.8 Å². The van der Waals surface area contributed by atoms with Crippen molar-refractivity contribution in [1.29, 1.82) is 0 Å². The predicted molar refractivity (Wildman–Crippen MR) is 89.1 cm³/mol. The van der Waals surface area contributed by atoms with Crippen LogP contribution in [0.2, 0.25) is 0 Å². The fourth-order valence-corrected chi connectivity index (χ4v) is 2.81. The van der Waals surface area contributed by atoms with E-state index in [4.69, 9.17) is 4.74 Å².